The number of aromatic nitrogens is 3. The third kappa shape index (κ3) is 4.22. The van der Waals surface area contributed by atoms with Crippen molar-refractivity contribution in [1.29, 1.82) is 0 Å². The molecule has 6 aromatic rings. The summed E-state index contributed by atoms with van der Waals surface area (Å²) in [6.07, 6.45) is 0. The molecule has 4 aromatic carbocycles. The highest BCUT2D eigenvalue weighted by Gasteiger charge is 2.25. The van der Waals surface area contributed by atoms with Crippen molar-refractivity contribution in [1.82, 2.24) is 14.6 Å². The van der Waals surface area contributed by atoms with Gasteiger partial charge in [-0.15, -0.1) is 0 Å². The monoisotopic (exact) mass is 498 g/mol. The zero-order valence-electron chi connectivity index (χ0n) is 21.1. The molecule has 0 amide bonds. The van der Waals surface area contributed by atoms with E-state index >= 15 is 0 Å². The molecule has 0 bridgehead atoms. The lowest BCUT2D eigenvalue weighted by atomic mass is 10.0. The molecule has 0 fully saturated rings. The third-order valence-corrected chi connectivity index (χ3v) is 6.44. The fourth-order valence-corrected chi connectivity index (χ4v) is 4.65. The highest BCUT2D eigenvalue weighted by atomic mass is 16.5. The minimum absolute atomic E-state index is 0.581. The predicted octanol–water partition coefficient (Wildman–Crippen LogP) is 7.49. The Morgan fingerprint density at radius 3 is 1.79 bits per heavy atom. The highest BCUT2D eigenvalue weighted by Crippen LogP contribution is 2.42. The van der Waals surface area contributed by atoms with E-state index in [-0.39, 0.29) is 0 Å². The van der Waals surface area contributed by atoms with Crippen LogP contribution < -0.4 is 14.8 Å². The molecule has 38 heavy (non-hydrogen) atoms. The molecular weight excluding hydrogens is 472 g/mol. The summed E-state index contributed by atoms with van der Waals surface area (Å²) in [6.45, 7) is 0. The average molecular weight is 499 g/mol. The van der Waals surface area contributed by atoms with Crippen LogP contribution >= 0.6 is 0 Å². The van der Waals surface area contributed by atoms with Crippen LogP contribution in [0.1, 0.15) is 0 Å². The minimum atomic E-state index is 0.581. The number of hydrogen-bond acceptors (Lipinski definition) is 5. The summed E-state index contributed by atoms with van der Waals surface area (Å²) < 4.78 is 13.3. The van der Waals surface area contributed by atoms with Crippen molar-refractivity contribution < 1.29 is 9.47 Å². The van der Waals surface area contributed by atoms with E-state index in [1.165, 1.54) is 0 Å². The van der Waals surface area contributed by atoms with E-state index in [1.54, 1.807) is 18.7 Å². The summed E-state index contributed by atoms with van der Waals surface area (Å²) in [4.78, 5) is 5.20. The van der Waals surface area contributed by atoms with E-state index in [1.807, 2.05) is 91.0 Å². The lowest BCUT2D eigenvalue weighted by Gasteiger charge is -2.17. The van der Waals surface area contributed by atoms with Crippen molar-refractivity contribution in [2.75, 3.05) is 19.5 Å². The Labute approximate surface area is 221 Å². The van der Waals surface area contributed by atoms with Crippen LogP contribution in [0.3, 0.4) is 0 Å². The van der Waals surface area contributed by atoms with Gasteiger partial charge >= 0.3 is 0 Å². The number of ether oxygens (including phenoxy) is 2. The molecule has 1 N–H and O–H groups in total. The average Bonchev–Trinajstić information content (AvgIpc) is 3.37. The second kappa shape index (κ2) is 10.1. The summed E-state index contributed by atoms with van der Waals surface area (Å²) in [5, 5.41) is 8.61. The smallest absolute Gasteiger partial charge is 0.228 e. The number of rotatable bonds is 7. The fourth-order valence-electron chi connectivity index (χ4n) is 4.65. The van der Waals surface area contributed by atoms with Gasteiger partial charge in [-0.3, -0.25) is 0 Å². The number of nitrogens with zero attached hydrogens (tertiary/aromatic N) is 3. The molecule has 0 aliphatic rings. The second-order valence-electron chi connectivity index (χ2n) is 8.76. The zero-order valence-corrected chi connectivity index (χ0v) is 21.1. The molecular formula is C32H26N4O2. The Morgan fingerprint density at radius 1 is 0.605 bits per heavy atom. The van der Waals surface area contributed by atoms with Crippen LogP contribution in [0.5, 0.6) is 11.6 Å². The molecule has 6 heteroatoms. The lowest BCUT2D eigenvalue weighted by molar-refractivity contribution is 0.387. The first kappa shape index (κ1) is 23.3. The van der Waals surface area contributed by atoms with Crippen LogP contribution in [0.25, 0.3) is 39.2 Å². The Bertz CT molecular complexity index is 1680. The largest absolute Gasteiger partial charge is 0.497 e. The van der Waals surface area contributed by atoms with E-state index in [0.717, 1.165) is 44.9 Å². The molecule has 2 heterocycles. The standard InChI is InChI=1S/C32H26N4O2/c1-37-26-20-18-23(19-21-26)28-30(33-25-16-10-5-11-17-25)34-31-27(22-12-6-3-7-13-22)29(24-14-8-4-9-15-24)35-36(31)32(28)38-2/h3-21H,1-2H3,(H,33,34). The van der Waals surface area contributed by atoms with Gasteiger partial charge in [0.15, 0.2) is 5.65 Å². The lowest BCUT2D eigenvalue weighted by Crippen LogP contribution is -2.06. The predicted molar refractivity (Wildman–Crippen MR) is 152 cm³/mol. The SMILES string of the molecule is COc1ccc(-c2c(Nc3ccccc3)nc3c(-c4ccccc4)c(-c4ccccc4)nn3c2OC)cc1. The van der Waals surface area contributed by atoms with Crippen molar-refractivity contribution in [3.8, 4) is 45.1 Å². The van der Waals surface area contributed by atoms with Crippen LogP contribution in [-0.2, 0) is 0 Å². The van der Waals surface area contributed by atoms with Gasteiger partial charge in [0, 0.05) is 11.3 Å². The van der Waals surface area contributed by atoms with E-state index in [2.05, 4.69) is 29.6 Å². The first-order valence-electron chi connectivity index (χ1n) is 12.3. The van der Waals surface area contributed by atoms with Gasteiger partial charge in [-0.25, -0.2) is 4.98 Å². The van der Waals surface area contributed by atoms with Crippen LogP contribution in [0.4, 0.5) is 11.5 Å². The summed E-state index contributed by atoms with van der Waals surface area (Å²) in [5.41, 5.74) is 7.14. The van der Waals surface area contributed by atoms with Gasteiger partial charge in [0.1, 0.15) is 17.3 Å². The van der Waals surface area contributed by atoms with Gasteiger partial charge in [0.2, 0.25) is 5.88 Å². The number of para-hydroxylation sites is 1. The molecule has 0 atom stereocenters. The Hall–Kier alpha value is -5.10. The number of hydrogen-bond donors (Lipinski definition) is 1. The van der Waals surface area contributed by atoms with E-state index in [4.69, 9.17) is 19.6 Å². The number of fused-ring (bicyclic) bond motifs is 1. The van der Waals surface area contributed by atoms with Crippen molar-refractivity contribution in [3.05, 3.63) is 115 Å². The topological polar surface area (TPSA) is 60.7 Å². The minimum Gasteiger partial charge on any atom is -0.497 e. The molecule has 6 rings (SSSR count). The van der Waals surface area contributed by atoms with Crippen molar-refractivity contribution in [2.24, 2.45) is 0 Å². The molecule has 0 saturated heterocycles. The molecule has 186 valence electrons. The summed E-state index contributed by atoms with van der Waals surface area (Å²) in [5.74, 6) is 2.02. The van der Waals surface area contributed by atoms with E-state index in [0.29, 0.717) is 17.3 Å². The molecule has 0 aliphatic heterocycles. The van der Waals surface area contributed by atoms with Gasteiger partial charge < -0.3 is 14.8 Å². The van der Waals surface area contributed by atoms with Gasteiger partial charge in [0.25, 0.3) is 0 Å². The first-order chi connectivity index (χ1) is 18.8. The van der Waals surface area contributed by atoms with Crippen LogP contribution in [0.15, 0.2) is 115 Å². The van der Waals surface area contributed by atoms with E-state index < -0.39 is 0 Å². The highest BCUT2D eigenvalue weighted by molar-refractivity contribution is 5.94. The van der Waals surface area contributed by atoms with Crippen LogP contribution in [-0.4, -0.2) is 28.8 Å². The molecule has 6 nitrogen and oxygen atoms in total. The Kier molecular flexibility index (Phi) is 6.20. The molecule has 2 aromatic heterocycles. The number of benzene rings is 4. The Morgan fingerprint density at radius 2 is 1.18 bits per heavy atom. The maximum Gasteiger partial charge on any atom is 0.228 e. The zero-order chi connectivity index (χ0) is 25.9. The van der Waals surface area contributed by atoms with Crippen molar-refractivity contribution in [2.45, 2.75) is 0 Å². The quantitative estimate of drug-likeness (QED) is 0.247. The van der Waals surface area contributed by atoms with Crippen LogP contribution in [0.2, 0.25) is 0 Å². The molecule has 0 radical (unpaired) electrons. The number of nitrogens with one attached hydrogen (secondary N) is 1. The molecule has 0 unspecified atom stereocenters. The number of anilines is 2. The van der Waals surface area contributed by atoms with E-state index in [9.17, 15) is 0 Å². The second-order valence-corrected chi connectivity index (χ2v) is 8.76. The molecule has 0 aliphatic carbocycles. The normalized spacial score (nSPS) is 10.9. The Balaban J connectivity index is 1.69. The fraction of sp³-hybridized carbons (Fsp3) is 0.0625. The van der Waals surface area contributed by atoms with Crippen molar-refractivity contribution >= 4 is 17.2 Å². The summed E-state index contributed by atoms with van der Waals surface area (Å²) in [7, 11) is 3.33. The summed E-state index contributed by atoms with van der Waals surface area (Å²) in [6, 6.07) is 38.3. The maximum atomic E-state index is 6.08. The summed E-state index contributed by atoms with van der Waals surface area (Å²) >= 11 is 0. The first-order valence-corrected chi connectivity index (χ1v) is 12.3. The third-order valence-electron chi connectivity index (χ3n) is 6.44. The van der Waals surface area contributed by atoms with Gasteiger partial charge in [-0.1, -0.05) is 91.0 Å². The van der Waals surface area contributed by atoms with Crippen LogP contribution in [0, 0.1) is 0 Å². The van der Waals surface area contributed by atoms with Gasteiger partial charge in [-0.2, -0.15) is 9.61 Å². The molecule has 0 spiro atoms. The maximum absolute atomic E-state index is 6.08. The number of methoxy groups -OCH3 is 2. The van der Waals surface area contributed by atoms with Crippen molar-refractivity contribution in [3.63, 3.8) is 0 Å². The molecule has 0 saturated carbocycles. The van der Waals surface area contributed by atoms with Gasteiger partial charge in [0.05, 0.1) is 25.3 Å². The van der Waals surface area contributed by atoms with Gasteiger partial charge in [-0.05, 0) is 35.4 Å².